The number of hydrogen-bond donors (Lipinski definition) is 3. The summed E-state index contributed by atoms with van der Waals surface area (Å²) < 4.78 is 10.7. The Labute approximate surface area is 238 Å². The van der Waals surface area contributed by atoms with Gasteiger partial charge >= 0.3 is 12.1 Å². The maximum absolute atomic E-state index is 13.0. The van der Waals surface area contributed by atoms with Gasteiger partial charge in [-0.05, 0) is 59.9 Å². The molecule has 40 heavy (non-hydrogen) atoms. The number of benzene rings is 1. The molecule has 1 rings (SSSR count). The van der Waals surface area contributed by atoms with Gasteiger partial charge in [-0.25, -0.2) is 9.59 Å². The Bertz CT molecular complexity index is 992. The fourth-order valence-electron chi connectivity index (χ4n) is 3.70. The van der Waals surface area contributed by atoms with Gasteiger partial charge in [-0.2, -0.15) is 5.26 Å². The molecule has 0 aliphatic heterocycles. The summed E-state index contributed by atoms with van der Waals surface area (Å²) in [6, 6.07) is 9.08. The number of ether oxygens (including phenoxy) is 2. The first-order valence-electron chi connectivity index (χ1n) is 13.9. The molecular weight excluding hydrogens is 512 g/mol. The molecule has 0 bridgehead atoms. The lowest BCUT2D eigenvalue weighted by Gasteiger charge is -2.26. The zero-order valence-electron chi connectivity index (χ0n) is 24.8. The average Bonchev–Trinajstić information content (AvgIpc) is 2.83. The van der Waals surface area contributed by atoms with Gasteiger partial charge in [0.05, 0.1) is 12.5 Å². The molecule has 0 aromatic heterocycles. The normalized spacial score (nSPS) is 12.8. The fraction of sp³-hybridized carbons (Fsp3) is 0.633. The van der Waals surface area contributed by atoms with Crippen molar-refractivity contribution in [3.63, 3.8) is 0 Å². The van der Waals surface area contributed by atoms with Crippen molar-refractivity contribution in [2.75, 3.05) is 6.54 Å². The standard InChI is InChI=1S/C30H46N4O6/c1-29(2,3)39-27(37)24(21-22-15-11-10-12-16-22)34-26(36)23(18-19-31)33-25(35)17-13-8-7-9-14-20-32-28(38)40-30(4,5)6/h10-12,15-16,23-24H,7-9,13-14,17-18,20-21H2,1-6H3,(H,32,38)(H,33,35)(H,34,36)/t23-,24-/m0/s1. The molecule has 0 fully saturated rings. The predicted molar refractivity (Wildman–Crippen MR) is 152 cm³/mol. The summed E-state index contributed by atoms with van der Waals surface area (Å²) in [5, 5.41) is 17.3. The van der Waals surface area contributed by atoms with Gasteiger partial charge in [0.25, 0.3) is 0 Å². The van der Waals surface area contributed by atoms with Crippen molar-refractivity contribution in [3.05, 3.63) is 35.9 Å². The van der Waals surface area contributed by atoms with E-state index in [1.54, 1.807) is 20.8 Å². The number of hydrogen-bond acceptors (Lipinski definition) is 7. The molecule has 0 heterocycles. The van der Waals surface area contributed by atoms with E-state index in [1.807, 2.05) is 57.2 Å². The third-order valence-corrected chi connectivity index (χ3v) is 5.49. The number of alkyl carbamates (subject to hydrolysis) is 1. The van der Waals surface area contributed by atoms with E-state index in [0.717, 1.165) is 31.2 Å². The van der Waals surface area contributed by atoms with Crippen LogP contribution in [-0.2, 0) is 30.3 Å². The topological polar surface area (TPSA) is 147 Å². The van der Waals surface area contributed by atoms with E-state index in [1.165, 1.54) is 0 Å². The second-order valence-electron chi connectivity index (χ2n) is 11.7. The first kappa shape index (κ1) is 34.4. The van der Waals surface area contributed by atoms with Crippen molar-refractivity contribution in [1.82, 2.24) is 16.0 Å². The lowest BCUT2D eigenvalue weighted by atomic mass is 10.0. The van der Waals surface area contributed by atoms with Crippen LogP contribution in [0.4, 0.5) is 4.79 Å². The molecule has 0 unspecified atom stereocenters. The van der Waals surface area contributed by atoms with E-state index < -0.39 is 41.3 Å². The number of amides is 3. The summed E-state index contributed by atoms with van der Waals surface area (Å²) in [6.07, 6.45) is 3.79. The van der Waals surface area contributed by atoms with Gasteiger partial charge in [0, 0.05) is 19.4 Å². The van der Waals surface area contributed by atoms with E-state index >= 15 is 0 Å². The van der Waals surface area contributed by atoms with Crippen LogP contribution in [0.15, 0.2) is 30.3 Å². The first-order valence-corrected chi connectivity index (χ1v) is 13.9. The number of unbranched alkanes of at least 4 members (excludes halogenated alkanes) is 4. The van der Waals surface area contributed by atoms with E-state index in [-0.39, 0.29) is 25.2 Å². The second kappa shape index (κ2) is 17.2. The highest BCUT2D eigenvalue weighted by molar-refractivity contribution is 5.91. The van der Waals surface area contributed by atoms with Crippen LogP contribution >= 0.6 is 0 Å². The zero-order chi connectivity index (χ0) is 30.2. The Hall–Kier alpha value is -3.61. The summed E-state index contributed by atoms with van der Waals surface area (Å²) in [6.45, 7) is 11.2. The molecule has 222 valence electrons. The van der Waals surface area contributed by atoms with Crippen LogP contribution in [0.1, 0.15) is 92.1 Å². The monoisotopic (exact) mass is 558 g/mol. The van der Waals surface area contributed by atoms with Crippen LogP contribution in [0.3, 0.4) is 0 Å². The summed E-state index contributed by atoms with van der Waals surface area (Å²) in [7, 11) is 0. The highest BCUT2D eigenvalue weighted by atomic mass is 16.6. The summed E-state index contributed by atoms with van der Waals surface area (Å²) in [5.41, 5.74) is -0.439. The van der Waals surface area contributed by atoms with Crippen LogP contribution in [0.2, 0.25) is 0 Å². The number of carbonyl (C=O) groups is 4. The third kappa shape index (κ3) is 16.4. The number of nitrogens with one attached hydrogen (secondary N) is 3. The molecule has 10 heteroatoms. The van der Waals surface area contributed by atoms with Gasteiger partial charge in [0.15, 0.2) is 0 Å². The van der Waals surface area contributed by atoms with Crippen molar-refractivity contribution in [3.8, 4) is 6.07 Å². The lowest BCUT2D eigenvalue weighted by molar-refractivity contribution is -0.158. The number of carbonyl (C=O) groups excluding carboxylic acids is 4. The number of nitrogens with zero attached hydrogens (tertiary/aromatic N) is 1. The number of rotatable bonds is 15. The van der Waals surface area contributed by atoms with Gasteiger partial charge in [0.1, 0.15) is 23.3 Å². The molecule has 0 radical (unpaired) electrons. The molecule has 0 aliphatic carbocycles. The van der Waals surface area contributed by atoms with Crippen LogP contribution in [0.5, 0.6) is 0 Å². The lowest BCUT2D eigenvalue weighted by Crippen LogP contribution is -2.53. The molecule has 0 aliphatic rings. The van der Waals surface area contributed by atoms with Gasteiger partial charge in [-0.1, -0.05) is 49.6 Å². The third-order valence-electron chi connectivity index (χ3n) is 5.49. The highest BCUT2D eigenvalue weighted by Gasteiger charge is 2.30. The quantitative estimate of drug-likeness (QED) is 0.215. The Balaban J connectivity index is 2.52. The molecule has 3 amide bonds. The minimum Gasteiger partial charge on any atom is -0.458 e. The molecule has 3 N–H and O–H groups in total. The van der Waals surface area contributed by atoms with Gasteiger partial charge in [-0.15, -0.1) is 0 Å². The summed E-state index contributed by atoms with van der Waals surface area (Å²) in [4.78, 5) is 50.0. The minimum absolute atomic E-state index is 0.210. The minimum atomic E-state index is -1.09. The van der Waals surface area contributed by atoms with Gasteiger partial charge in [-0.3, -0.25) is 9.59 Å². The van der Waals surface area contributed by atoms with Crippen molar-refractivity contribution in [2.45, 2.75) is 116 Å². The Morgan fingerprint density at radius 1 is 0.825 bits per heavy atom. The first-order chi connectivity index (χ1) is 18.7. The highest BCUT2D eigenvalue weighted by Crippen LogP contribution is 2.12. The molecule has 1 aromatic carbocycles. The molecule has 0 saturated carbocycles. The van der Waals surface area contributed by atoms with E-state index in [4.69, 9.17) is 9.47 Å². The number of nitriles is 1. The van der Waals surface area contributed by atoms with E-state index in [9.17, 15) is 24.4 Å². The van der Waals surface area contributed by atoms with Crippen LogP contribution < -0.4 is 16.0 Å². The molecular formula is C30H46N4O6. The Morgan fingerprint density at radius 2 is 1.43 bits per heavy atom. The largest absolute Gasteiger partial charge is 0.458 e. The fourth-order valence-corrected chi connectivity index (χ4v) is 3.70. The summed E-state index contributed by atoms with van der Waals surface area (Å²) >= 11 is 0. The number of esters is 1. The Morgan fingerprint density at radius 3 is 2.02 bits per heavy atom. The molecule has 0 spiro atoms. The van der Waals surface area contributed by atoms with Gasteiger partial charge < -0.3 is 25.4 Å². The average molecular weight is 559 g/mol. The van der Waals surface area contributed by atoms with E-state index in [0.29, 0.717) is 13.0 Å². The molecule has 10 nitrogen and oxygen atoms in total. The van der Waals surface area contributed by atoms with Crippen molar-refractivity contribution in [1.29, 1.82) is 5.26 Å². The second-order valence-corrected chi connectivity index (χ2v) is 11.7. The molecule has 1 aromatic rings. The van der Waals surface area contributed by atoms with Crippen LogP contribution in [0.25, 0.3) is 0 Å². The maximum Gasteiger partial charge on any atom is 0.407 e. The van der Waals surface area contributed by atoms with Gasteiger partial charge in [0.2, 0.25) is 11.8 Å². The Kier molecular flexibility index (Phi) is 14.8. The zero-order valence-corrected chi connectivity index (χ0v) is 24.8. The van der Waals surface area contributed by atoms with Crippen molar-refractivity contribution in [2.24, 2.45) is 0 Å². The smallest absolute Gasteiger partial charge is 0.407 e. The van der Waals surface area contributed by atoms with E-state index in [2.05, 4.69) is 16.0 Å². The summed E-state index contributed by atoms with van der Waals surface area (Å²) in [5.74, 6) is -1.54. The molecule has 2 atom stereocenters. The predicted octanol–water partition coefficient (Wildman–Crippen LogP) is 4.32. The van der Waals surface area contributed by atoms with Crippen LogP contribution in [0, 0.1) is 11.3 Å². The van der Waals surface area contributed by atoms with Crippen molar-refractivity contribution >= 4 is 23.9 Å². The maximum atomic E-state index is 13.0. The van der Waals surface area contributed by atoms with Crippen LogP contribution in [-0.4, -0.2) is 53.7 Å². The van der Waals surface area contributed by atoms with Crippen molar-refractivity contribution < 1.29 is 28.7 Å². The SMILES string of the molecule is CC(C)(C)OC(=O)NCCCCCCCC(=O)N[C@@H](CC#N)C(=O)N[C@@H](Cc1ccccc1)C(=O)OC(C)(C)C. The molecule has 0 saturated heterocycles.